The number of amides is 3. The number of alkyl halides is 3. The minimum Gasteiger partial charge on any atom is -0.491 e. The molecule has 2 aliphatic rings. The van der Waals surface area contributed by atoms with Gasteiger partial charge in [-0.15, -0.1) is 11.3 Å². The van der Waals surface area contributed by atoms with E-state index in [9.17, 15) is 32.3 Å². The molecule has 3 amide bonds. The van der Waals surface area contributed by atoms with Gasteiger partial charge in [-0.25, -0.2) is 14.8 Å². The summed E-state index contributed by atoms with van der Waals surface area (Å²) in [5.74, 6) is -0.344. The van der Waals surface area contributed by atoms with Crippen LogP contribution in [0.5, 0.6) is 11.5 Å². The van der Waals surface area contributed by atoms with Gasteiger partial charge in [-0.05, 0) is 66.1 Å². The van der Waals surface area contributed by atoms with E-state index in [1.807, 2.05) is 14.1 Å². The Bertz CT molecular complexity index is 2330. The normalized spacial score (nSPS) is 15.5. The van der Waals surface area contributed by atoms with Gasteiger partial charge in [0.05, 0.1) is 35.6 Å². The first-order chi connectivity index (χ1) is 27.3. The Labute approximate surface area is 328 Å². The summed E-state index contributed by atoms with van der Waals surface area (Å²) < 4.78 is 65.5. The molecule has 0 radical (unpaired) electrons. The Morgan fingerprint density at radius 3 is 2.42 bits per heavy atom. The summed E-state index contributed by atoms with van der Waals surface area (Å²) in [5, 5.41) is 2.45. The van der Waals surface area contributed by atoms with E-state index in [4.69, 9.17) is 18.9 Å². The van der Waals surface area contributed by atoms with Crippen LogP contribution in [0, 0.1) is 0 Å². The van der Waals surface area contributed by atoms with Gasteiger partial charge in [0.15, 0.2) is 0 Å². The number of hydrogen-bond acceptors (Lipinski definition) is 12. The molecule has 296 valence electrons. The van der Waals surface area contributed by atoms with Crippen LogP contribution in [0.4, 0.5) is 19.0 Å². The minimum absolute atomic E-state index is 0.0629. The van der Waals surface area contributed by atoms with Crippen molar-refractivity contribution in [1.29, 1.82) is 0 Å². The number of carbonyl (C=O) groups is 4. The molecule has 2 aliphatic heterocycles. The van der Waals surface area contributed by atoms with E-state index in [1.54, 1.807) is 53.4 Å². The summed E-state index contributed by atoms with van der Waals surface area (Å²) >= 11 is 1.05. The van der Waals surface area contributed by atoms with Crippen LogP contribution in [0.15, 0.2) is 72.9 Å². The maximum atomic E-state index is 14.3. The zero-order chi connectivity index (χ0) is 40.3. The van der Waals surface area contributed by atoms with Gasteiger partial charge in [-0.1, -0.05) is 12.1 Å². The second-order valence-electron chi connectivity index (χ2n) is 13.4. The van der Waals surface area contributed by atoms with E-state index >= 15 is 0 Å². The van der Waals surface area contributed by atoms with Gasteiger partial charge >= 0.3 is 12.1 Å². The monoisotopic (exact) mass is 803 g/mol. The van der Waals surface area contributed by atoms with Gasteiger partial charge in [0.2, 0.25) is 11.8 Å². The van der Waals surface area contributed by atoms with Crippen molar-refractivity contribution in [3.8, 4) is 33.2 Å². The largest absolute Gasteiger partial charge is 0.491 e. The molecule has 0 bridgehead atoms. The zero-order valence-corrected chi connectivity index (χ0v) is 31.6. The molecule has 13 nitrogen and oxygen atoms in total. The molecule has 17 heteroatoms. The van der Waals surface area contributed by atoms with Crippen LogP contribution in [-0.4, -0.2) is 91.7 Å². The average Bonchev–Trinajstić information content (AvgIpc) is 3.75. The van der Waals surface area contributed by atoms with Crippen LogP contribution in [0.25, 0.3) is 31.9 Å². The van der Waals surface area contributed by atoms with Crippen molar-refractivity contribution >= 4 is 51.1 Å². The molecular formula is C40H36F3N5O8S. The summed E-state index contributed by atoms with van der Waals surface area (Å²) in [7, 11) is 3.65. The number of fused-ring (bicyclic) bond motifs is 2. The first-order valence-corrected chi connectivity index (χ1v) is 18.7. The summed E-state index contributed by atoms with van der Waals surface area (Å²) in [5.41, 5.74) is 1.70. The zero-order valence-electron chi connectivity index (χ0n) is 30.8. The number of piperidine rings is 1. The highest BCUT2D eigenvalue weighted by molar-refractivity contribution is 7.21. The SMILES string of the molecule is CN(C)c1ccc(-c2ccc(-c3nc4ccc(OC(=O)COCCOCCOc5ccc6c(c5)CN(C5CCC(=O)NC5=O)C6=O)cc4s3)c(C(F)(F)F)c2)cn1. The number of halogens is 3. The Kier molecular flexibility index (Phi) is 11.5. The number of rotatable bonds is 14. The van der Waals surface area contributed by atoms with Crippen LogP contribution in [0.2, 0.25) is 0 Å². The van der Waals surface area contributed by atoms with Crippen molar-refractivity contribution in [2.75, 3.05) is 52.0 Å². The number of nitrogens with one attached hydrogen (secondary N) is 1. The van der Waals surface area contributed by atoms with Crippen molar-refractivity contribution in [3.63, 3.8) is 0 Å². The molecule has 57 heavy (non-hydrogen) atoms. The third kappa shape index (κ3) is 9.06. The number of hydrogen-bond donors (Lipinski definition) is 1. The maximum Gasteiger partial charge on any atom is 0.417 e. The van der Waals surface area contributed by atoms with Crippen LogP contribution < -0.4 is 19.7 Å². The van der Waals surface area contributed by atoms with E-state index in [2.05, 4.69) is 15.3 Å². The maximum absolute atomic E-state index is 14.3. The number of nitrogens with zero attached hydrogens (tertiary/aromatic N) is 4. The Morgan fingerprint density at radius 1 is 0.912 bits per heavy atom. The molecule has 0 spiro atoms. The fraction of sp³-hybridized carbons (Fsp3) is 0.300. The summed E-state index contributed by atoms with van der Waals surface area (Å²) in [6.45, 7) is 0.584. The molecule has 1 N–H and O–H groups in total. The van der Waals surface area contributed by atoms with Gasteiger partial charge < -0.3 is 28.7 Å². The lowest BCUT2D eigenvalue weighted by Gasteiger charge is -2.29. The Hall–Kier alpha value is -5.91. The highest BCUT2D eigenvalue weighted by Crippen LogP contribution is 2.42. The number of carbonyl (C=O) groups excluding carboxylic acids is 4. The second-order valence-corrected chi connectivity index (χ2v) is 14.4. The molecule has 7 rings (SSSR count). The van der Waals surface area contributed by atoms with E-state index < -0.39 is 29.7 Å². The van der Waals surface area contributed by atoms with E-state index in [0.717, 1.165) is 23.0 Å². The van der Waals surface area contributed by atoms with E-state index in [1.165, 1.54) is 23.2 Å². The molecule has 4 heterocycles. The molecule has 0 aliphatic carbocycles. The van der Waals surface area contributed by atoms with Crippen LogP contribution in [0.1, 0.15) is 34.3 Å². The predicted octanol–water partition coefficient (Wildman–Crippen LogP) is 5.89. The van der Waals surface area contributed by atoms with Crippen LogP contribution in [-0.2, 0) is 36.6 Å². The van der Waals surface area contributed by atoms with E-state index in [0.29, 0.717) is 38.5 Å². The third-order valence-electron chi connectivity index (χ3n) is 9.27. The van der Waals surface area contributed by atoms with Gasteiger partial charge in [0.1, 0.15) is 41.6 Å². The van der Waals surface area contributed by atoms with Gasteiger partial charge in [0, 0.05) is 56.0 Å². The molecule has 1 unspecified atom stereocenters. The quantitative estimate of drug-likeness (QED) is 0.0620. The summed E-state index contributed by atoms with van der Waals surface area (Å²) in [6.07, 6.45) is -2.64. The van der Waals surface area contributed by atoms with Crippen molar-refractivity contribution in [3.05, 3.63) is 89.6 Å². The van der Waals surface area contributed by atoms with Crippen molar-refractivity contribution in [2.24, 2.45) is 0 Å². The highest BCUT2D eigenvalue weighted by Gasteiger charge is 2.39. The molecule has 2 aromatic heterocycles. The Balaban J connectivity index is 0.851. The molecule has 0 saturated carbocycles. The lowest BCUT2D eigenvalue weighted by Crippen LogP contribution is -2.52. The van der Waals surface area contributed by atoms with Crippen molar-refractivity contribution in [1.82, 2.24) is 20.2 Å². The first kappa shape index (κ1) is 39.3. The molecule has 1 atom stereocenters. The number of ether oxygens (including phenoxy) is 4. The fourth-order valence-electron chi connectivity index (χ4n) is 6.45. The number of aromatic nitrogens is 2. The number of imide groups is 1. The Morgan fingerprint density at radius 2 is 1.67 bits per heavy atom. The van der Waals surface area contributed by atoms with Gasteiger partial charge in [-0.3, -0.25) is 19.7 Å². The summed E-state index contributed by atoms with van der Waals surface area (Å²) in [4.78, 5) is 61.1. The second kappa shape index (κ2) is 16.7. The number of esters is 1. The van der Waals surface area contributed by atoms with Crippen molar-refractivity contribution in [2.45, 2.75) is 31.6 Å². The smallest absolute Gasteiger partial charge is 0.417 e. The fourth-order valence-corrected chi connectivity index (χ4v) is 7.48. The topological polar surface area (TPSA) is 149 Å². The molecule has 3 aromatic carbocycles. The van der Waals surface area contributed by atoms with E-state index in [-0.39, 0.29) is 80.6 Å². The number of pyridine rings is 1. The molecule has 1 fully saturated rings. The average molecular weight is 804 g/mol. The van der Waals surface area contributed by atoms with Gasteiger partial charge in [-0.2, -0.15) is 13.2 Å². The molecular weight excluding hydrogens is 768 g/mol. The standard InChI is InChI=1S/C40H36F3N5O8S/c1-47(2)34-11-4-24(20-44-34)23-3-7-29(30(18-23)40(41,42)43)38-45-31-9-6-27(19-33(31)57-38)56-36(50)22-54-14-13-53-15-16-55-26-5-8-28-25(17-26)21-48(39(28)52)32-10-12-35(49)46-37(32)51/h3-9,11,17-20,32H,10,12-16,21-22H2,1-2H3,(H,46,49,51). The van der Waals surface area contributed by atoms with Crippen molar-refractivity contribution < 1.29 is 51.3 Å². The summed E-state index contributed by atoms with van der Waals surface area (Å²) in [6, 6.07) is 16.6. The predicted molar refractivity (Wildman–Crippen MR) is 203 cm³/mol. The number of anilines is 1. The first-order valence-electron chi connectivity index (χ1n) is 17.9. The van der Waals surface area contributed by atoms with Gasteiger partial charge in [0.25, 0.3) is 5.91 Å². The molecule has 1 saturated heterocycles. The van der Waals surface area contributed by atoms with Crippen LogP contribution >= 0.6 is 11.3 Å². The van der Waals surface area contributed by atoms with Crippen LogP contribution in [0.3, 0.4) is 0 Å². The number of benzene rings is 3. The molecule has 5 aromatic rings. The number of thiazole rings is 1. The highest BCUT2D eigenvalue weighted by atomic mass is 32.1. The lowest BCUT2D eigenvalue weighted by molar-refractivity contribution is -0.140. The minimum atomic E-state index is -4.64. The third-order valence-corrected chi connectivity index (χ3v) is 10.3. The lowest BCUT2D eigenvalue weighted by atomic mass is 10.00.